The molecule has 0 N–H and O–H groups in total. The van der Waals surface area contributed by atoms with Gasteiger partial charge in [-0.05, 0) is 31.2 Å². The second kappa shape index (κ2) is 6.98. The molecule has 0 unspecified atom stereocenters. The molecule has 0 bridgehead atoms. The maximum absolute atomic E-state index is 12.3. The molecular weight excluding hydrogens is 346 g/mol. The van der Waals surface area contributed by atoms with E-state index in [1.165, 1.54) is 0 Å². The molecule has 25 heavy (non-hydrogen) atoms. The van der Waals surface area contributed by atoms with Gasteiger partial charge in [-0.25, -0.2) is 9.78 Å². The summed E-state index contributed by atoms with van der Waals surface area (Å²) < 4.78 is 17.5. The zero-order valence-corrected chi connectivity index (χ0v) is 14.7. The van der Waals surface area contributed by atoms with Crippen molar-refractivity contribution in [3.8, 4) is 17.2 Å². The van der Waals surface area contributed by atoms with E-state index in [-0.39, 0.29) is 12.3 Å². The fraction of sp³-hybridized carbons (Fsp3) is 0.235. The number of oxazole rings is 1. The third-order valence-corrected chi connectivity index (χ3v) is 3.84. The van der Waals surface area contributed by atoms with E-state index < -0.39 is 5.97 Å². The van der Waals surface area contributed by atoms with Gasteiger partial charge >= 0.3 is 5.97 Å². The lowest BCUT2D eigenvalue weighted by atomic mass is 10.2. The molecule has 130 valence electrons. The predicted molar refractivity (Wildman–Crippen MR) is 90.6 cm³/mol. The van der Waals surface area contributed by atoms with Crippen molar-refractivity contribution >= 4 is 17.6 Å². The van der Waals surface area contributed by atoms with Crippen LogP contribution in [-0.4, -0.2) is 27.8 Å². The van der Waals surface area contributed by atoms with Crippen molar-refractivity contribution in [2.45, 2.75) is 13.5 Å². The van der Waals surface area contributed by atoms with Crippen LogP contribution in [0, 0.1) is 6.92 Å². The maximum atomic E-state index is 12.3. The molecule has 2 aromatic heterocycles. The zero-order valence-electron chi connectivity index (χ0n) is 13.9. The number of ether oxygens (including phenoxy) is 2. The number of methoxy groups -OCH3 is 1. The summed E-state index contributed by atoms with van der Waals surface area (Å²) >= 11 is 6.00. The molecule has 3 rings (SSSR count). The van der Waals surface area contributed by atoms with Crippen LogP contribution in [0.5, 0.6) is 5.75 Å². The number of halogens is 1. The number of nitrogens with zero attached hydrogens (tertiary/aromatic N) is 3. The number of esters is 1. The third-order valence-electron chi connectivity index (χ3n) is 3.52. The summed E-state index contributed by atoms with van der Waals surface area (Å²) in [6.07, 6.45) is 1.63. The Bertz CT molecular complexity index is 899. The van der Waals surface area contributed by atoms with Gasteiger partial charge in [-0.2, -0.15) is 5.10 Å². The Kier molecular flexibility index (Phi) is 4.76. The minimum absolute atomic E-state index is 0.0390. The molecule has 0 saturated carbocycles. The highest BCUT2D eigenvalue weighted by atomic mass is 35.5. The largest absolute Gasteiger partial charge is 0.497 e. The molecule has 2 heterocycles. The van der Waals surface area contributed by atoms with E-state index in [2.05, 4.69) is 10.1 Å². The number of carbonyl (C=O) groups is 1. The molecule has 0 fully saturated rings. The second-order valence-electron chi connectivity index (χ2n) is 5.33. The van der Waals surface area contributed by atoms with Gasteiger partial charge < -0.3 is 13.9 Å². The monoisotopic (exact) mass is 361 g/mol. The summed E-state index contributed by atoms with van der Waals surface area (Å²) in [7, 11) is 3.33. The molecule has 0 amide bonds. The van der Waals surface area contributed by atoms with Gasteiger partial charge in [0.05, 0.1) is 12.1 Å². The lowest BCUT2D eigenvalue weighted by Gasteiger charge is -2.01. The number of benzene rings is 1. The number of hydrogen-bond acceptors (Lipinski definition) is 6. The van der Waals surface area contributed by atoms with Crippen molar-refractivity contribution < 1.29 is 18.7 Å². The summed E-state index contributed by atoms with van der Waals surface area (Å²) in [4.78, 5) is 16.5. The molecule has 0 aliphatic rings. The van der Waals surface area contributed by atoms with Crippen molar-refractivity contribution in [3.63, 3.8) is 0 Å². The molecule has 0 aliphatic carbocycles. The summed E-state index contributed by atoms with van der Waals surface area (Å²) in [5.74, 6) is 0.840. The van der Waals surface area contributed by atoms with Crippen LogP contribution >= 0.6 is 11.6 Å². The highest BCUT2D eigenvalue weighted by molar-refractivity contribution is 6.31. The molecule has 0 spiro atoms. The van der Waals surface area contributed by atoms with Gasteiger partial charge in [0.25, 0.3) is 0 Å². The van der Waals surface area contributed by atoms with E-state index in [1.54, 1.807) is 56.2 Å². The van der Waals surface area contributed by atoms with E-state index in [4.69, 9.17) is 25.5 Å². The number of aromatic nitrogens is 3. The first-order valence-corrected chi connectivity index (χ1v) is 7.82. The maximum Gasteiger partial charge on any atom is 0.361 e. The first-order chi connectivity index (χ1) is 12.0. The first-order valence-electron chi connectivity index (χ1n) is 7.45. The average molecular weight is 362 g/mol. The van der Waals surface area contributed by atoms with Gasteiger partial charge in [0.2, 0.25) is 5.89 Å². The Labute approximate surface area is 149 Å². The standard InChI is InChI=1S/C17H16ClN3O4/c1-10-15(17(22)24-9-14-13(18)8-21(2)20-14)19-16(25-10)11-4-6-12(23-3)7-5-11/h4-8H,9H2,1-3H3. The lowest BCUT2D eigenvalue weighted by molar-refractivity contribution is 0.0459. The lowest BCUT2D eigenvalue weighted by Crippen LogP contribution is -2.08. The predicted octanol–water partition coefficient (Wildman–Crippen LogP) is 3.40. The number of rotatable bonds is 5. The molecular formula is C17H16ClN3O4. The van der Waals surface area contributed by atoms with Crippen LogP contribution in [0.4, 0.5) is 0 Å². The molecule has 0 atom stereocenters. The minimum Gasteiger partial charge on any atom is -0.497 e. The van der Waals surface area contributed by atoms with Crippen molar-refractivity contribution in [3.05, 3.63) is 52.6 Å². The van der Waals surface area contributed by atoms with Gasteiger partial charge in [0.1, 0.15) is 23.8 Å². The molecule has 3 aromatic rings. The van der Waals surface area contributed by atoms with Crippen LogP contribution in [0.3, 0.4) is 0 Å². The average Bonchev–Trinajstić information content (AvgIpc) is 3.14. The van der Waals surface area contributed by atoms with Gasteiger partial charge in [-0.3, -0.25) is 4.68 Å². The topological polar surface area (TPSA) is 79.4 Å². The van der Waals surface area contributed by atoms with Crippen LogP contribution < -0.4 is 4.74 Å². The summed E-state index contributed by atoms with van der Waals surface area (Å²) in [6, 6.07) is 7.17. The van der Waals surface area contributed by atoms with E-state index in [0.717, 1.165) is 11.3 Å². The fourth-order valence-electron chi connectivity index (χ4n) is 2.25. The molecule has 7 nitrogen and oxygen atoms in total. The van der Waals surface area contributed by atoms with Crippen molar-refractivity contribution in [2.75, 3.05) is 7.11 Å². The van der Waals surface area contributed by atoms with Crippen molar-refractivity contribution in [1.82, 2.24) is 14.8 Å². The SMILES string of the molecule is COc1ccc(-c2nc(C(=O)OCc3nn(C)cc3Cl)c(C)o2)cc1. The van der Waals surface area contributed by atoms with Gasteiger partial charge in [0, 0.05) is 18.8 Å². The highest BCUT2D eigenvalue weighted by Crippen LogP contribution is 2.24. The van der Waals surface area contributed by atoms with Gasteiger partial charge in [0.15, 0.2) is 5.69 Å². The van der Waals surface area contributed by atoms with E-state index in [1.807, 2.05) is 0 Å². The minimum atomic E-state index is -0.595. The Balaban J connectivity index is 1.74. The fourth-order valence-corrected chi connectivity index (χ4v) is 2.48. The van der Waals surface area contributed by atoms with E-state index in [0.29, 0.717) is 22.4 Å². The molecule has 8 heteroatoms. The Morgan fingerprint density at radius 2 is 2.04 bits per heavy atom. The van der Waals surface area contributed by atoms with Gasteiger partial charge in [-0.15, -0.1) is 0 Å². The van der Waals surface area contributed by atoms with Crippen LogP contribution in [0.2, 0.25) is 5.02 Å². The van der Waals surface area contributed by atoms with E-state index in [9.17, 15) is 4.79 Å². The quantitative estimate of drug-likeness (QED) is 0.648. The third kappa shape index (κ3) is 3.66. The normalized spacial score (nSPS) is 10.7. The van der Waals surface area contributed by atoms with Crippen LogP contribution in [0.25, 0.3) is 11.5 Å². The first kappa shape index (κ1) is 17.0. The Morgan fingerprint density at radius 1 is 1.32 bits per heavy atom. The highest BCUT2D eigenvalue weighted by Gasteiger charge is 2.20. The Hall–Kier alpha value is -2.80. The smallest absolute Gasteiger partial charge is 0.361 e. The molecule has 0 aliphatic heterocycles. The number of hydrogen-bond donors (Lipinski definition) is 0. The zero-order chi connectivity index (χ0) is 18.0. The number of carbonyl (C=O) groups excluding carboxylic acids is 1. The van der Waals surface area contributed by atoms with Crippen LogP contribution in [0.15, 0.2) is 34.9 Å². The number of aryl methyl sites for hydroxylation is 2. The molecule has 0 saturated heterocycles. The van der Waals surface area contributed by atoms with Crippen LogP contribution in [0.1, 0.15) is 21.9 Å². The molecule has 0 radical (unpaired) electrons. The summed E-state index contributed by atoms with van der Waals surface area (Å²) in [6.45, 7) is 1.62. The van der Waals surface area contributed by atoms with Gasteiger partial charge in [-0.1, -0.05) is 11.6 Å². The molecule has 1 aromatic carbocycles. The summed E-state index contributed by atoms with van der Waals surface area (Å²) in [5, 5.41) is 4.56. The summed E-state index contributed by atoms with van der Waals surface area (Å²) in [5.41, 5.74) is 1.34. The van der Waals surface area contributed by atoms with Crippen molar-refractivity contribution in [2.24, 2.45) is 7.05 Å². The Morgan fingerprint density at radius 3 is 2.64 bits per heavy atom. The second-order valence-corrected chi connectivity index (χ2v) is 5.73. The van der Waals surface area contributed by atoms with Crippen molar-refractivity contribution in [1.29, 1.82) is 0 Å². The van der Waals surface area contributed by atoms with Crippen LogP contribution in [-0.2, 0) is 18.4 Å². The van der Waals surface area contributed by atoms with E-state index >= 15 is 0 Å².